The second-order valence-electron chi connectivity index (χ2n) is 4.13. The van der Waals surface area contributed by atoms with Crippen molar-refractivity contribution in [2.75, 3.05) is 0 Å². The first-order valence-electron chi connectivity index (χ1n) is 5.75. The van der Waals surface area contributed by atoms with E-state index in [-0.39, 0.29) is 0 Å². The van der Waals surface area contributed by atoms with Crippen molar-refractivity contribution in [3.8, 4) is 0 Å². The molecule has 1 heterocycles. The molecule has 0 saturated heterocycles. The SMILES string of the molecule is OC(CCCn1ccnc1)c1ccc(Cl)c(Cl)c1. The fraction of sp³-hybridized carbons (Fsp3) is 0.308. The first-order chi connectivity index (χ1) is 8.66. The summed E-state index contributed by atoms with van der Waals surface area (Å²) in [4.78, 5) is 3.97. The van der Waals surface area contributed by atoms with Crippen LogP contribution in [0.3, 0.4) is 0 Å². The largest absolute Gasteiger partial charge is 0.388 e. The minimum atomic E-state index is -0.511. The van der Waals surface area contributed by atoms with Crippen LogP contribution in [-0.2, 0) is 6.54 Å². The number of benzene rings is 1. The van der Waals surface area contributed by atoms with Gasteiger partial charge < -0.3 is 9.67 Å². The van der Waals surface area contributed by atoms with Gasteiger partial charge in [-0.1, -0.05) is 29.3 Å². The third kappa shape index (κ3) is 3.48. The Labute approximate surface area is 116 Å². The van der Waals surface area contributed by atoms with Gasteiger partial charge in [0.2, 0.25) is 0 Å². The quantitative estimate of drug-likeness (QED) is 0.909. The van der Waals surface area contributed by atoms with Crippen molar-refractivity contribution in [1.82, 2.24) is 9.55 Å². The maximum absolute atomic E-state index is 10.0. The molecule has 0 fully saturated rings. The zero-order valence-corrected chi connectivity index (χ0v) is 11.3. The number of imidazole rings is 1. The van der Waals surface area contributed by atoms with E-state index in [4.69, 9.17) is 23.2 Å². The summed E-state index contributed by atoms with van der Waals surface area (Å²) in [5.41, 5.74) is 0.801. The van der Waals surface area contributed by atoms with E-state index in [1.54, 1.807) is 30.7 Å². The van der Waals surface area contributed by atoms with Crippen LogP contribution in [0, 0.1) is 0 Å². The van der Waals surface area contributed by atoms with Gasteiger partial charge in [-0.25, -0.2) is 4.98 Å². The molecule has 0 bridgehead atoms. The summed E-state index contributed by atoms with van der Waals surface area (Å²) >= 11 is 11.8. The fourth-order valence-corrected chi connectivity index (χ4v) is 2.08. The number of aromatic nitrogens is 2. The molecule has 18 heavy (non-hydrogen) atoms. The van der Waals surface area contributed by atoms with E-state index in [1.165, 1.54) is 0 Å². The summed E-state index contributed by atoms with van der Waals surface area (Å²) in [6, 6.07) is 5.22. The Bertz CT molecular complexity index is 500. The summed E-state index contributed by atoms with van der Waals surface area (Å²) in [7, 11) is 0. The van der Waals surface area contributed by atoms with Gasteiger partial charge in [0.05, 0.1) is 22.5 Å². The van der Waals surface area contributed by atoms with E-state index in [0.29, 0.717) is 16.5 Å². The zero-order valence-electron chi connectivity index (χ0n) is 9.76. The second kappa shape index (κ2) is 6.23. The molecule has 1 aromatic heterocycles. The molecule has 5 heteroatoms. The first-order valence-corrected chi connectivity index (χ1v) is 6.51. The lowest BCUT2D eigenvalue weighted by Crippen LogP contribution is -2.01. The van der Waals surface area contributed by atoms with Crippen molar-refractivity contribution < 1.29 is 5.11 Å². The molecule has 1 aromatic carbocycles. The lowest BCUT2D eigenvalue weighted by Gasteiger charge is -2.12. The fourth-order valence-electron chi connectivity index (χ4n) is 1.77. The molecule has 1 unspecified atom stereocenters. The monoisotopic (exact) mass is 284 g/mol. The number of rotatable bonds is 5. The average molecular weight is 285 g/mol. The van der Waals surface area contributed by atoms with Gasteiger partial charge in [0.25, 0.3) is 0 Å². The molecule has 96 valence electrons. The Balaban J connectivity index is 1.87. The molecule has 1 N–H and O–H groups in total. The van der Waals surface area contributed by atoms with Crippen LogP contribution in [0.1, 0.15) is 24.5 Å². The first kappa shape index (κ1) is 13.4. The predicted molar refractivity (Wildman–Crippen MR) is 72.9 cm³/mol. The highest BCUT2D eigenvalue weighted by Gasteiger charge is 2.09. The van der Waals surface area contributed by atoms with Crippen LogP contribution in [0.15, 0.2) is 36.9 Å². The van der Waals surface area contributed by atoms with Crippen molar-refractivity contribution in [2.24, 2.45) is 0 Å². The van der Waals surface area contributed by atoms with Gasteiger partial charge in [0.15, 0.2) is 0 Å². The van der Waals surface area contributed by atoms with Crippen molar-refractivity contribution in [1.29, 1.82) is 0 Å². The van der Waals surface area contributed by atoms with E-state index in [1.807, 2.05) is 10.8 Å². The molecule has 0 amide bonds. The molecule has 2 rings (SSSR count). The van der Waals surface area contributed by atoms with Crippen LogP contribution in [0.25, 0.3) is 0 Å². The number of halogens is 2. The zero-order chi connectivity index (χ0) is 13.0. The smallest absolute Gasteiger partial charge is 0.0945 e. The summed E-state index contributed by atoms with van der Waals surface area (Å²) < 4.78 is 1.99. The van der Waals surface area contributed by atoms with Crippen molar-refractivity contribution in [3.63, 3.8) is 0 Å². The van der Waals surface area contributed by atoms with Crippen molar-refractivity contribution >= 4 is 23.2 Å². The molecule has 0 aliphatic carbocycles. The number of hydrogen-bond acceptors (Lipinski definition) is 2. The van der Waals surface area contributed by atoms with Crippen molar-refractivity contribution in [3.05, 3.63) is 52.5 Å². The molecule has 2 aromatic rings. The third-order valence-corrected chi connectivity index (χ3v) is 3.52. The Hall–Kier alpha value is -1.03. The molecule has 0 aliphatic rings. The summed E-state index contributed by atoms with van der Waals surface area (Å²) in [5, 5.41) is 11.0. The van der Waals surface area contributed by atoms with Gasteiger partial charge >= 0.3 is 0 Å². The number of aryl methyl sites for hydroxylation is 1. The highest BCUT2D eigenvalue weighted by atomic mass is 35.5. The highest BCUT2D eigenvalue weighted by molar-refractivity contribution is 6.42. The Kier molecular flexibility index (Phi) is 4.64. The summed E-state index contributed by atoms with van der Waals surface area (Å²) in [6.07, 6.45) is 6.46. The van der Waals surface area contributed by atoms with Crippen molar-refractivity contribution in [2.45, 2.75) is 25.5 Å². The third-order valence-electron chi connectivity index (χ3n) is 2.78. The standard InChI is InChI=1S/C13H14Cl2N2O/c14-11-4-3-10(8-12(11)15)13(18)2-1-6-17-7-5-16-9-17/h3-5,7-9,13,18H,1-2,6H2. The van der Waals surface area contributed by atoms with Crippen LogP contribution >= 0.6 is 23.2 Å². The van der Waals surface area contributed by atoms with E-state index >= 15 is 0 Å². The lowest BCUT2D eigenvalue weighted by atomic mass is 10.1. The maximum atomic E-state index is 10.0. The van der Waals surface area contributed by atoms with E-state index in [9.17, 15) is 5.11 Å². The van der Waals surface area contributed by atoms with Crippen LogP contribution in [-0.4, -0.2) is 14.7 Å². The second-order valence-corrected chi connectivity index (χ2v) is 4.95. The van der Waals surface area contributed by atoms with Crippen LogP contribution in [0.2, 0.25) is 10.0 Å². The molecular weight excluding hydrogens is 271 g/mol. The predicted octanol–water partition coefficient (Wildman–Crippen LogP) is 3.70. The Morgan fingerprint density at radius 3 is 2.78 bits per heavy atom. The Morgan fingerprint density at radius 2 is 2.11 bits per heavy atom. The van der Waals surface area contributed by atoms with Gasteiger partial charge in [0, 0.05) is 18.9 Å². The molecule has 0 aliphatic heterocycles. The lowest BCUT2D eigenvalue weighted by molar-refractivity contribution is 0.162. The number of hydrogen-bond donors (Lipinski definition) is 1. The summed E-state index contributed by atoms with van der Waals surface area (Å²) in [6.45, 7) is 0.846. The maximum Gasteiger partial charge on any atom is 0.0945 e. The van der Waals surface area contributed by atoms with Gasteiger partial charge in [-0.3, -0.25) is 0 Å². The molecule has 1 atom stereocenters. The highest BCUT2D eigenvalue weighted by Crippen LogP contribution is 2.27. The van der Waals surface area contributed by atoms with Crippen LogP contribution in [0.5, 0.6) is 0 Å². The Morgan fingerprint density at radius 1 is 1.28 bits per heavy atom. The van der Waals surface area contributed by atoms with E-state index < -0.39 is 6.10 Å². The molecule has 0 saturated carbocycles. The molecular formula is C13H14Cl2N2O. The normalized spacial score (nSPS) is 12.6. The van der Waals surface area contributed by atoms with Crippen LogP contribution < -0.4 is 0 Å². The van der Waals surface area contributed by atoms with E-state index in [2.05, 4.69) is 4.98 Å². The number of nitrogens with zero attached hydrogens (tertiary/aromatic N) is 2. The van der Waals surface area contributed by atoms with E-state index in [0.717, 1.165) is 18.5 Å². The molecule has 3 nitrogen and oxygen atoms in total. The van der Waals surface area contributed by atoms with Crippen LogP contribution in [0.4, 0.5) is 0 Å². The summed E-state index contributed by atoms with van der Waals surface area (Å²) in [5.74, 6) is 0. The van der Waals surface area contributed by atoms with Gasteiger partial charge in [-0.05, 0) is 30.5 Å². The van der Waals surface area contributed by atoms with Gasteiger partial charge in [-0.2, -0.15) is 0 Å². The van der Waals surface area contributed by atoms with Gasteiger partial charge in [-0.15, -0.1) is 0 Å². The average Bonchev–Trinajstić information content (AvgIpc) is 2.85. The minimum Gasteiger partial charge on any atom is -0.388 e. The number of aliphatic hydroxyl groups excluding tert-OH is 1. The minimum absolute atomic E-state index is 0.475. The molecule has 0 spiro atoms. The number of aliphatic hydroxyl groups is 1. The van der Waals surface area contributed by atoms with Gasteiger partial charge in [0.1, 0.15) is 0 Å². The topological polar surface area (TPSA) is 38.0 Å². The molecule has 0 radical (unpaired) electrons.